The zero-order valence-electron chi connectivity index (χ0n) is 20.0. The zero-order valence-corrected chi connectivity index (χ0v) is 20.8. The predicted molar refractivity (Wildman–Crippen MR) is 140 cm³/mol. The number of halogens is 1. The van der Waals surface area contributed by atoms with E-state index < -0.39 is 23.7 Å². The number of hydrazine groups is 1. The molecule has 8 nitrogen and oxygen atoms in total. The number of rotatable bonds is 9. The van der Waals surface area contributed by atoms with E-state index in [2.05, 4.69) is 10.7 Å². The fourth-order valence-electron chi connectivity index (χ4n) is 3.91. The molecule has 0 saturated carbocycles. The Kier molecular flexibility index (Phi) is 8.09. The Morgan fingerprint density at radius 1 is 1.03 bits per heavy atom. The van der Waals surface area contributed by atoms with Gasteiger partial charge in [0.25, 0.3) is 11.8 Å². The number of amides is 3. The van der Waals surface area contributed by atoms with Gasteiger partial charge in [0.05, 0.1) is 19.2 Å². The van der Waals surface area contributed by atoms with Gasteiger partial charge in [-0.15, -0.1) is 0 Å². The third kappa shape index (κ3) is 6.10. The largest absolute Gasteiger partial charge is 0.497 e. The summed E-state index contributed by atoms with van der Waals surface area (Å²) in [7, 11) is 1.52. The highest BCUT2D eigenvalue weighted by atomic mass is 32.1. The summed E-state index contributed by atoms with van der Waals surface area (Å²) in [5.74, 6) is -1.51. The highest BCUT2D eigenvalue weighted by molar-refractivity contribution is 7.80. The zero-order chi connectivity index (χ0) is 26.4. The van der Waals surface area contributed by atoms with Gasteiger partial charge >= 0.3 is 0 Å². The van der Waals surface area contributed by atoms with Gasteiger partial charge in [-0.25, -0.2) is 9.40 Å². The normalized spacial score (nSPS) is 15.0. The molecule has 2 N–H and O–H groups in total. The summed E-state index contributed by atoms with van der Waals surface area (Å²) in [6.45, 7) is 0.381. The lowest BCUT2D eigenvalue weighted by molar-refractivity contribution is -0.127. The number of thiocarbonyl (C=S) groups is 1. The van der Waals surface area contributed by atoms with Crippen molar-refractivity contribution in [3.05, 3.63) is 95.8 Å². The van der Waals surface area contributed by atoms with Gasteiger partial charge in [-0.05, 0) is 66.7 Å². The lowest BCUT2D eigenvalue weighted by atomic mass is 10.1. The molecule has 1 heterocycles. The van der Waals surface area contributed by atoms with Gasteiger partial charge in [0.15, 0.2) is 0 Å². The summed E-state index contributed by atoms with van der Waals surface area (Å²) >= 11 is 5.54. The summed E-state index contributed by atoms with van der Waals surface area (Å²) in [5, 5.41) is 3.99. The van der Waals surface area contributed by atoms with Crippen LogP contribution in [0, 0.1) is 5.82 Å². The summed E-state index contributed by atoms with van der Waals surface area (Å²) < 4.78 is 18.8. The van der Waals surface area contributed by atoms with Crippen LogP contribution in [0.4, 0.5) is 10.1 Å². The molecule has 0 aliphatic carbocycles. The van der Waals surface area contributed by atoms with E-state index in [0.29, 0.717) is 24.4 Å². The molecule has 1 fully saturated rings. The van der Waals surface area contributed by atoms with E-state index in [4.69, 9.17) is 17.0 Å². The number of hydrogen-bond acceptors (Lipinski definition) is 5. The average molecular weight is 521 g/mol. The smallest absolute Gasteiger partial charge is 0.269 e. The highest BCUT2D eigenvalue weighted by Gasteiger charge is 2.45. The van der Waals surface area contributed by atoms with Crippen LogP contribution in [-0.4, -0.2) is 47.5 Å². The van der Waals surface area contributed by atoms with Crippen LogP contribution in [0.2, 0.25) is 0 Å². The third-order valence-corrected chi connectivity index (χ3v) is 6.19. The molecule has 10 heteroatoms. The molecule has 0 aromatic heterocycles. The number of anilines is 1. The lowest BCUT2D eigenvalue weighted by Gasteiger charge is -2.24. The maximum atomic E-state index is 13.7. The summed E-state index contributed by atoms with van der Waals surface area (Å²) in [5.41, 5.74) is 4.14. The summed E-state index contributed by atoms with van der Waals surface area (Å²) in [6, 6.07) is 20.3. The highest BCUT2D eigenvalue weighted by Crippen LogP contribution is 2.28. The fraction of sp³-hybridized carbons (Fsp3) is 0.185. The summed E-state index contributed by atoms with van der Waals surface area (Å²) in [4.78, 5) is 40.4. The van der Waals surface area contributed by atoms with Crippen molar-refractivity contribution in [1.82, 2.24) is 15.8 Å². The van der Waals surface area contributed by atoms with Crippen LogP contribution in [0.5, 0.6) is 5.75 Å². The van der Waals surface area contributed by atoms with Gasteiger partial charge in [0.1, 0.15) is 17.6 Å². The molecular weight excluding hydrogens is 495 g/mol. The molecule has 1 atom stereocenters. The molecular formula is C27H25FN4O4S. The molecule has 1 aliphatic rings. The second-order valence-electron chi connectivity index (χ2n) is 8.28. The van der Waals surface area contributed by atoms with Gasteiger partial charge in [-0.2, -0.15) is 0 Å². The van der Waals surface area contributed by atoms with Crippen molar-refractivity contribution in [2.45, 2.75) is 18.9 Å². The van der Waals surface area contributed by atoms with Crippen LogP contribution < -0.4 is 20.4 Å². The lowest BCUT2D eigenvalue weighted by Crippen LogP contribution is -2.50. The standard InChI is InChI=1S/C27H25FN4O4S/c1-36-22-12-10-21(11-13-22)31-26(35)23(17-24(33)29-15-14-18-6-3-2-4-7-18)32(27(31)37)30-25(34)19-8-5-9-20(28)16-19/h2-13,16,23H,14-15,17H2,1H3,(H,29,33)(H,30,34). The Morgan fingerprint density at radius 3 is 2.43 bits per heavy atom. The molecule has 190 valence electrons. The van der Waals surface area contributed by atoms with Crippen LogP contribution in [-0.2, 0) is 16.0 Å². The first-order chi connectivity index (χ1) is 17.9. The molecule has 3 aromatic carbocycles. The number of hydrogen-bond donors (Lipinski definition) is 2. The van der Waals surface area contributed by atoms with Crippen LogP contribution >= 0.6 is 12.2 Å². The van der Waals surface area contributed by atoms with Gasteiger partial charge in [0, 0.05) is 12.1 Å². The van der Waals surface area contributed by atoms with E-state index in [1.165, 1.54) is 35.2 Å². The van der Waals surface area contributed by atoms with Crippen LogP contribution in [0.3, 0.4) is 0 Å². The monoisotopic (exact) mass is 520 g/mol. The molecule has 1 aliphatic heterocycles. The van der Waals surface area contributed by atoms with Crippen LogP contribution in [0.1, 0.15) is 22.3 Å². The second kappa shape index (κ2) is 11.6. The van der Waals surface area contributed by atoms with Crippen molar-refractivity contribution in [2.75, 3.05) is 18.6 Å². The van der Waals surface area contributed by atoms with Crippen molar-refractivity contribution < 1.29 is 23.5 Å². The average Bonchev–Trinajstić information content (AvgIpc) is 3.13. The fourth-order valence-corrected chi connectivity index (χ4v) is 4.28. The first-order valence-corrected chi connectivity index (χ1v) is 12.0. The van der Waals surface area contributed by atoms with Gasteiger partial charge in [-0.1, -0.05) is 36.4 Å². The molecule has 1 unspecified atom stereocenters. The van der Waals surface area contributed by atoms with E-state index in [9.17, 15) is 18.8 Å². The number of benzene rings is 3. The number of nitrogens with one attached hydrogen (secondary N) is 2. The minimum Gasteiger partial charge on any atom is -0.497 e. The van der Waals surface area contributed by atoms with E-state index in [1.54, 1.807) is 24.3 Å². The molecule has 0 spiro atoms. The third-order valence-electron chi connectivity index (χ3n) is 5.81. The molecule has 1 saturated heterocycles. The second-order valence-corrected chi connectivity index (χ2v) is 8.65. The maximum absolute atomic E-state index is 13.7. The summed E-state index contributed by atoms with van der Waals surface area (Å²) in [6.07, 6.45) is 0.380. The van der Waals surface area contributed by atoms with Crippen molar-refractivity contribution >= 4 is 40.7 Å². The maximum Gasteiger partial charge on any atom is 0.269 e. The topological polar surface area (TPSA) is 91.0 Å². The first-order valence-electron chi connectivity index (χ1n) is 11.6. The molecule has 3 amide bonds. The van der Waals surface area contributed by atoms with Crippen LogP contribution in [0.15, 0.2) is 78.9 Å². The molecule has 0 radical (unpaired) electrons. The van der Waals surface area contributed by atoms with Crippen molar-refractivity contribution in [3.63, 3.8) is 0 Å². The van der Waals surface area contributed by atoms with Crippen molar-refractivity contribution in [3.8, 4) is 5.75 Å². The quantitative estimate of drug-likeness (QED) is 0.421. The molecule has 37 heavy (non-hydrogen) atoms. The molecule has 0 bridgehead atoms. The Bertz CT molecular complexity index is 1300. The molecule has 4 rings (SSSR count). The number of carbonyl (C=O) groups is 3. The number of carbonyl (C=O) groups excluding carboxylic acids is 3. The van der Waals surface area contributed by atoms with Gasteiger partial charge < -0.3 is 10.1 Å². The van der Waals surface area contributed by atoms with E-state index in [0.717, 1.165) is 11.6 Å². The predicted octanol–water partition coefficient (Wildman–Crippen LogP) is 3.23. The number of ether oxygens (including phenoxy) is 1. The Labute approximate surface area is 219 Å². The van der Waals surface area contributed by atoms with Crippen molar-refractivity contribution in [1.29, 1.82) is 0 Å². The first kappa shape index (κ1) is 25.8. The minimum absolute atomic E-state index is 0.0120. The minimum atomic E-state index is -1.09. The van der Waals surface area contributed by atoms with E-state index in [1.807, 2.05) is 30.3 Å². The number of methoxy groups -OCH3 is 1. The number of nitrogens with zero attached hydrogens (tertiary/aromatic N) is 2. The van der Waals surface area contributed by atoms with E-state index >= 15 is 0 Å². The Hall–Kier alpha value is -4.31. The Morgan fingerprint density at radius 2 is 1.76 bits per heavy atom. The SMILES string of the molecule is COc1ccc(N2C(=O)C(CC(=O)NCCc3ccccc3)N(NC(=O)c3cccc(F)c3)C2=S)cc1. The van der Waals surface area contributed by atoms with Gasteiger partial charge in [-0.3, -0.25) is 24.7 Å². The van der Waals surface area contributed by atoms with E-state index in [-0.39, 0.29) is 23.0 Å². The van der Waals surface area contributed by atoms with Gasteiger partial charge in [0.2, 0.25) is 11.0 Å². The van der Waals surface area contributed by atoms with Crippen molar-refractivity contribution in [2.24, 2.45) is 0 Å². The van der Waals surface area contributed by atoms with Crippen LogP contribution in [0.25, 0.3) is 0 Å². The molecule has 3 aromatic rings. The Balaban J connectivity index is 1.52.